The molecule has 1 aliphatic heterocycles. The summed E-state index contributed by atoms with van der Waals surface area (Å²) >= 11 is 16.2. The van der Waals surface area contributed by atoms with Crippen LogP contribution in [-0.2, 0) is 19.1 Å². The number of ether oxygens (including phenoxy) is 2. The van der Waals surface area contributed by atoms with Gasteiger partial charge in [0.25, 0.3) is 0 Å². The lowest BCUT2D eigenvalue weighted by Gasteiger charge is -2.36. The van der Waals surface area contributed by atoms with Gasteiger partial charge in [-0.1, -0.05) is 34.8 Å². The van der Waals surface area contributed by atoms with E-state index < -0.39 is 22.5 Å². The molecule has 2 atom stereocenters. The van der Waals surface area contributed by atoms with Crippen molar-refractivity contribution < 1.29 is 29.0 Å². The zero-order chi connectivity index (χ0) is 16.0. The lowest BCUT2D eigenvalue weighted by atomic mass is 9.85. The molecule has 120 valence electrons. The molecule has 0 saturated carbocycles. The molecule has 0 radical (unpaired) electrons. The maximum atomic E-state index is 11.3. The molecule has 21 heavy (non-hydrogen) atoms. The number of halogens is 3. The van der Waals surface area contributed by atoms with Crippen LogP contribution in [0.1, 0.15) is 19.3 Å². The standard InChI is InChI=1S/C11H14Cl3NO6/c12-11(13,14)5-21-10(19)20-4-3-6-7(15-9(6)18)1-2-8(16)17/h6-7H,1-5H2,(H,15,18)(H,16,17)/t6-,7-/m1/s1. The van der Waals surface area contributed by atoms with E-state index in [1.54, 1.807) is 0 Å². The van der Waals surface area contributed by atoms with Gasteiger partial charge >= 0.3 is 12.1 Å². The molecule has 1 aliphatic rings. The number of β-lactam (4-membered cyclic amide) rings is 1. The van der Waals surface area contributed by atoms with E-state index in [0.29, 0.717) is 6.42 Å². The normalized spacial score (nSPS) is 21.2. The molecule has 7 nitrogen and oxygen atoms in total. The summed E-state index contributed by atoms with van der Waals surface area (Å²) in [5, 5.41) is 11.2. The summed E-state index contributed by atoms with van der Waals surface area (Å²) in [7, 11) is 0. The minimum atomic E-state index is -1.71. The molecule has 0 aromatic heterocycles. The highest BCUT2D eigenvalue weighted by Crippen LogP contribution is 2.26. The summed E-state index contributed by atoms with van der Waals surface area (Å²) in [5.74, 6) is -1.49. The van der Waals surface area contributed by atoms with Gasteiger partial charge in [0.15, 0.2) is 0 Å². The van der Waals surface area contributed by atoms with E-state index >= 15 is 0 Å². The molecular weight excluding hydrogens is 348 g/mol. The SMILES string of the molecule is O=C(O)CC[C@H]1NC(=O)[C@@H]1CCOC(=O)OCC(Cl)(Cl)Cl. The zero-order valence-electron chi connectivity index (χ0n) is 10.8. The molecular formula is C11H14Cl3NO6. The number of carbonyl (C=O) groups is 3. The lowest BCUT2D eigenvalue weighted by Crippen LogP contribution is -2.58. The highest BCUT2D eigenvalue weighted by Gasteiger charge is 2.38. The Hall–Kier alpha value is -0.920. The van der Waals surface area contributed by atoms with Gasteiger partial charge in [0.05, 0.1) is 12.5 Å². The van der Waals surface area contributed by atoms with Crippen molar-refractivity contribution in [3.8, 4) is 0 Å². The molecule has 0 aromatic rings. The smallest absolute Gasteiger partial charge is 0.481 e. The van der Waals surface area contributed by atoms with E-state index in [2.05, 4.69) is 10.1 Å². The van der Waals surface area contributed by atoms with E-state index in [1.165, 1.54) is 0 Å². The van der Waals surface area contributed by atoms with Crippen molar-refractivity contribution in [1.29, 1.82) is 0 Å². The number of carboxylic acids is 1. The molecule has 0 aliphatic carbocycles. The topological polar surface area (TPSA) is 102 Å². The summed E-state index contributed by atoms with van der Waals surface area (Å²) in [6, 6.07) is -0.214. The number of carbonyl (C=O) groups excluding carboxylic acids is 2. The van der Waals surface area contributed by atoms with Crippen LogP contribution in [0.3, 0.4) is 0 Å². The van der Waals surface area contributed by atoms with Crippen molar-refractivity contribution >= 4 is 52.8 Å². The number of amides is 1. The molecule has 0 spiro atoms. The Balaban J connectivity index is 2.20. The Morgan fingerprint density at radius 1 is 1.24 bits per heavy atom. The van der Waals surface area contributed by atoms with Crippen molar-refractivity contribution in [2.24, 2.45) is 5.92 Å². The first-order chi connectivity index (χ1) is 9.69. The summed E-state index contributed by atoms with van der Waals surface area (Å²) in [6.07, 6.45) is -0.418. The van der Waals surface area contributed by atoms with Gasteiger partial charge < -0.3 is 19.9 Å². The highest BCUT2D eigenvalue weighted by molar-refractivity contribution is 6.67. The largest absolute Gasteiger partial charge is 0.508 e. The van der Waals surface area contributed by atoms with Gasteiger partial charge in [0.2, 0.25) is 9.70 Å². The highest BCUT2D eigenvalue weighted by atomic mass is 35.6. The number of alkyl halides is 3. The Morgan fingerprint density at radius 2 is 1.90 bits per heavy atom. The van der Waals surface area contributed by atoms with Crippen LogP contribution in [0.5, 0.6) is 0 Å². The average molecular weight is 363 g/mol. The Kier molecular flexibility index (Phi) is 6.83. The fraction of sp³-hybridized carbons (Fsp3) is 0.727. The fourth-order valence-corrected chi connectivity index (χ4v) is 1.98. The Morgan fingerprint density at radius 3 is 2.43 bits per heavy atom. The van der Waals surface area contributed by atoms with Gasteiger partial charge in [0.1, 0.15) is 6.61 Å². The minimum Gasteiger partial charge on any atom is -0.481 e. The predicted octanol–water partition coefficient (Wildman–Crippen LogP) is 1.88. The van der Waals surface area contributed by atoms with Crippen molar-refractivity contribution in [2.75, 3.05) is 13.2 Å². The third-order valence-electron chi connectivity index (χ3n) is 2.82. The molecule has 1 rings (SSSR count). The number of nitrogens with one attached hydrogen (secondary N) is 1. The van der Waals surface area contributed by atoms with E-state index in [0.717, 1.165) is 0 Å². The second-order valence-electron chi connectivity index (χ2n) is 4.44. The zero-order valence-corrected chi connectivity index (χ0v) is 13.1. The van der Waals surface area contributed by atoms with Crippen LogP contribution in [0, 0.1) is 5.92 Å². The molecule has 1 saturated heterocycles. The third-order valence-corrected chi connectivity index (χ3v) is 3.15. The molecule has 1 heterocycles. The first-order valence-corrected chi connectivity index (χ1v) is 7.21. The monoisotopic (exact) mass is 361 g/mol. The second kappa shape index (κ2) is 7.91. The van der Waals surface area contributed by atoms with Gasteiger partial charge in [-0.25, -0.2) is 4.79 Å². The van der Waals surface area contributed by atoms with Crippen LogP contribution >= 0.6 is 34.8 Å². The van der Waals surface area contributed by atoms with Crippen molar-refractivity contribution in [3.63, 3.8) is 0 Å². The maximum absolute atomic E-state index is 11.3. The van der Waals surface area contributed by atoms with E-state index in [-0.39, 0.29) is 37.3 Å². The van der Waals surface area contributed by atoms with Gasteiger partial charge in [-0.15, -0.1) is 0 Å². The molecule has 0 bridgehead atoms. The average Bonchev–Trinajstić information content (AvgIpc) is 2.35. The number of carboxylic acid groups (broad SMARTS) is 1. The summed E-state index contributed by atoms with van der Waals surface area (Å²) in [5.41, 5.74) is 0. The van der Waals surface area contributed by atoms with Crippen molar-refractivity contribution in [2.45, 2.75) is 29.1 Å². The van der Waals surface area contributed by atoms with Crippen molar-refractivity contribution in [1.82, 2.24) is 5.32 Å². The Bertz CT molecular complexity index is 411. The fourth-order valence-electron chi connectivity index (χ4n) is 1.81. The van der Waals surface area contributed by atoms with Crippen LogP contribution in [0.25, 0.3) is 0 Å². The van der Waals surface area contributed by atoms with Gasteiger partial charge in [-0.05, 0) is 12.8 Å². The molecule has 0 aromatic carbocycles. The van der Waals surface area contributed by atoms with Crippen LogP contribution in [0.2, 0.25) is 0 Å². The van der Waals surface area contributed by atoms with E-state index in [9.17, 15) is 14.4 Å². The first-order valence-electron chi connectivity index (χ1n) is 6.07. The number of hydrogen-bond donors (Lipinski definition) is 2. The summed E-state index contributed by atoms with van der Waals surface area (Å²) in [6.45, 7) is -0.484. The molecule has 1 fully saturated rings. The van der Waals surface area contributed by atoms with E-state index in [4.69, 9.17) is 44.6 Å². The third kappa shape index (κ3) is 7.06. The van der Waals surface area contributed by atoms with Crippen LogP contribution in [0.4, 0.5) is 4.79 Å². The van der Waals surface area contributed by atoms with Crippen LogP contribution < -0.4 is 5.32 Å². The molecule has 2 N–H and O–H groups in total. The van der Waals surface area contributed by atoms with Gasteiger partial charge in [0, 0.05) is 12.5 Å². The second-order valence-corrected chi connectivity index (χ2v) is 6.96. The first kappa shape index (κ1) is 18.1. The lowest BCUT2D eigenvalue weighted by molar-refractivity contribution is -0.141. The number of aliphatic carboxylic acids is 1. The summed E-state index contributed by atoms with van der Waals surface area (Å²) in [4.78, 5) is 33.0. The van der Waals surface area contributed by atoms with Gasteiger partial charge in [-0.3, -0.25) is 9.59 Å². The Labute approximate surface area is 135 Å². The van der Waals surface area contributed by atoms with E-state index in [1.807, 2.05) is 0 Å². The maximum Gasteiger partial charge on any atom is 0.508 e. The van der Waals surface area contributed by atoms with Crippen LogP contribution in [0.15, 0.2) is 0 Å². The van der Waals surface area contributed by atoms with Crippen LogP contribution in [-0.4, -0.2) is 46.2 Å². The predicted molar refractivity (Wildman–Crippen MR) is 74.5 cm³/mol. The molecule has 0 unspecified atom stereocenters. The summed E-state index contributed by atoms with van der Waals surface area (Å²) < 4.78 is 7.56. The minimum absolute atomic E-state index is 0.0341. The van der Waals surface area contributed by atoms with Crippen molar-refractivity contribution in [3.05, 3.63) is 0 Å². The van der Waals surface area contributed by atoms with Gasteiger partial charge in [-0.2, -0.15) is 0 Å². The number of rotatable bonds is 7. The molecule has 10 heteroatoms. The molecule has 1 amide bonds. The number of hydrogen-bond acceptors (Lipinski definition) is 5. The quantitative estimate of drug-likeness (QED) is 0.407.